The highest BCUT2D eigenvalue weighted by atomic mass is 35.5. The van der Waals surface area contributed by atoms with Gasteiger partial charge in [0.1, 0.15) is 5.82 Å². The van der Waals surface area contributed by atoms with Crippen molar-refractivity contribution in [1.82, 2.24) is 14.7 Å². The van der Waals surface area contributed by atoms with Crippen molar-refractivity contribution in [2.45, 2.75) is 63.8 Å². The number of nitrogens with zero attached hydrogens (tertiary/aromatic N) is 3. The van der Waals surface area contributed by atoms with Gasteiger partial charge in [-0.15, -0.1) is 11.3 Å². The van der Waals surface area contributed by atoms with Crippen molar-refractivity contribution < 1.29 is 33.4 Å². The number of hydrogen-bond donors (Lipinski definition) is 2. The van der Waals surface area contributed by atoms with Gasteiger partial charge in [0.2, 0.25) is 11.8 Å². The summed E-state index contributed by atoms with van der Waals surface area (Å²) in [6.45, 7) is 4.34. The molecular weight excluding hydrogens is 659 g/mol. The number of benzene rings is 2. The van der Waals surface area contributed by atoms with Crippen molar-refractivity contribution in [2.24, 2.45) is 5.92 Å². The predicted molar refractivity (Wildman–Crippen MR) is 182 cm³/mol. The van der Waals surface area contributed by atoms with Crippen molar-refractivity contribution in [3.63, 3.8) is 0 Å². The van der Waals surface area contributed by atoms with E-state index >= 15 is 4.39 Å². The summed E-state index contributed by atoms with van der Waals surface area (Å²) in [5, 5.41) is 14.9. The van der Waals surface area contributed by atoms with E-state index in [9.17, 15) is 24.3 Å². The summed E-state index contributed by atoms with van der Waals surface area (Å²) in [5.74, 6) is -4.62. The summed E-state index contributed by atoms with van der Waals surface area (Å²) in [6, 6.07) is 10.00. The second kappa shape index (κ2) is 14.6. The summed E-state index contributed by atoms with van der Waals surface area (Å²) in [6.07, 6.45) is 2.65. The molecule has 3 aromatic rings. The summed E-state index contributed by atoms with van der Waals surface area (Å²) >= 11 is 8.04. The minimum atomic E-state index is -1.64. The first-order chi connectivity index (χ1) is 23.1. The third kappa shape index (κ3) is 6.86. The number of carboxylic acids is 1. The molecule has 2 N–H and O–H groups in total. The number of likely N-dealkylation sites (tertiary alicyclic amines) is 1. The highest BCUT2D eigenvalue weighted by molar-refractivity contribution is 7.17. The third-order valence-electron chi connectivity index (χ3n) is 9.84. The van der Waals surface area contributed by atoms with Crippen molar-refractivity contribution in [2.75, 3.05) is 44.6 Å². The first-order valence-corrected chi connectivity index (χ1v) is 17.8. The molecule has 10 nitrogen and oxygen atoms in total. The molecule has 2 saturated heterocycles. The Labute approximate surface area is 287 Å². The van der Waals surface area contributed by atoms with Crippen LogP contribution < -0.4 is 5.32 Å². The predicted octanol–water partition coefficient (Wildman–Crippen LogP) is 5.63. The Bertz CT molecular complexity index is 1710. The fraction of sp³-hybridized carbons (Fsp3) is 0.486. The number of anilines is 1. The molecule has 1 unspecified atom stereocenters. The van der Waals surface area contributed by atoms with E-state index < -0.39 is 41.3 Å². The largest absolute Gasteiger partial charge is 0.481 e. The topological polar surface area (TPSA) is 119 Å². The second-order valence-electron chi connectivity index (χ2n) is 12.8. The van der Waals surface area contributed by atoms with Crippen LogP contribution in [0.2, 0.25) is 5.02 Å². The molecule has 1 atom stereocenters. The number of carbonyl (C=O) groups is 4. The van der Waals surface area contributed by atoms with Crippen LogP contribution >= 0.6 is 22.9 Å². The highest BCUT2D eigenvalue weighted by Gasteiger charge is 2.54. The number of carbonyl (C=O) groups excluding carboxylic acids is 3. The third-order valence-corrected chi connectivity index (χ3v) is 11.1. The van der Waals surface area contributed by atoms with Crippen LogP contribution in [0, 0.1) is 11.7 Å². The lowest BCUT2D eigenvalue weighted by molar-refractivity contribution is -0.259. The number of likely N-dealkylation sites (N-methyl/N-ethyl adjacent to an activating group) is 1. The molecule has 1 saturated carbocycles. The molecule has 1 aromatic heterocycles. The molecule has 3 aliphatic rings. The fourth-order valence-electron chi connectivity index (χ4n) is 7.20. The first-order valence-electron chi connectivity index (χ1n) is 16.6. The van der Waals surface area contributed by atoms with Crippen LogP contribution in [-0.4, -0.2) is 94.6 Å². The van der Waals surface area contributed by atoms with Gasteiger partial charge in [0.15, 0.2) is 5.78 Å². The Balaban J connectivity index is 1.29. The number of Topliss-reactive ketones (excluding diaryl/α,β-unsaturated/α-hetero) is 1. The number of amides is 2. The SMILES string of the molecule is CCN1CCN(C(OC2CCC(C(=O)O)CC2)(C(=O)Cc2cc(Cl)c(NC(=O)c3csc4ccccc34)cc2F)N2CCCC2)CC1=O. The maximum absolute atomic E-state index is 15.8. The molecule has 2 amide bonds. The summed E-state index contributed by atoms with van der Waals surface area (Å²) in [7, 11) is 0. The molecular formula is C35H40ClFN4O6S. The number of halogens is 2. The Kier molecular flexibility index (Phi) is 10.5. The van der Waals surface area contributed by atoms with Gasteiger partial charge in [-0.2, -0.15) is 0 Å². The Morgan fingerprint density at radius 2 is 1.79 bits per heavy atom. The van der Waals surface area contributed by atoms with Crippen LogP contribution in [0.1, 0.15) is 61.4 Å². The van der Waals surface area contributed by atoms with Gasteiger partial charge < -0.3 is 20.1 Å². The monoisotopic (exact) mass is 698 g/mol. The molecule has 3 heterocycles. The van der Waals surface area contributed by atoms with E-state index in [-0.39, 0.29) is 35.1 Å². The molecule has 13 heteroatoms. The molecule has 0 radical (unpaired) electrons. The van der Waals surface area contributed by atoms with Gasteiger partial charge in [0.25, 0.3) is 5.91 Å². The van der Waals surface area contributed by atoms with E-state index in [4.69, 9.17) is 16.3 Å². The first kappa shape index (κ1) is 34.4. The van der Waals surface area contributed by atoms with Crippen LogP contribution in [0.5, 0.6) is 0 Å². The number of ketones is 1. The molecule has 2 aliphatic heterocycles. The molecule has 0 spiro atoms. The second-order valence-corrected chi connectivity index (χ2v) is 14.1. The maximum atomic E-state index is 15.8. The number of carboxylic acid groups (broad SMARTS) is 1. The van der Waals surface area contributed by atoms with E-state index in [0.29, 0.717) is 64.0 Å². The number of fused-ring (bicyclic) bond motifs is 1. The van der Waals surface area contributed by atoms with Crippen LogP contribution in [-0.2, 0) is 25.5 Å². The van der Waals surface area contributed by atoms with Crippen molar-refractivity contribution in [3.05, 3.63) is 63.7 Å². The number of aliphatic carboxylic acids is 1. The van der Waals surface area contributed by atoms with Gasteiger partial charge in [-0.3, -0.25) is 24.1 Å². The zero-order valence-corrected chi connectivity index (χ0v) is 28.5. The Morgan fingerprint density at radius 3 is 2.48 bits per heavy atom. The Hall–Kier alpha value is -3.42. The van der Waals surface area contributed by atoms with E-state index in [1.807, 2.05) is 36.1 Å². The number of ether oxygens (including phenoxy) is 1. The minimum absolute atomic E-state index is 0.0357. The number of hydrogen-bond acceptors (Lipinski definition) is 8. The van der Waals surface area contributed by atoms with Crippen molar-refractivity contribution in [1.29, 1.82) is 0 Å². The summed E-state index contributed by atoms with van der Waals surface area (Å²) in [5.41, 5.74) is 0.586. The zero-order chi connectivity index (χ0) is 34.0. The quantitative estimate of drug-likeness (QED) is 0.265. The number of rotatable bonds is 11. The molecule has 6 rings (SSSR count). The maximum Gasteiger partial charge on any atom is 0.306 e. The fourth-order valence-corrected chi connectivity index (χ4v) is 8.37. The standard InChI is InChI=1S/C35H40ClFN4O6S/c1-2-39-15-16-41(20-32(39)43)35(40-13-5-6-14-40,47-24-11-9-22(10-12-24)34(45)46)31(42)18-23-17-27(36)29(19-28(23)37)38-33(44)26-21-48-30-8-4-3-7-25(26)30/h3-4,7-8,17,19,21-22,24H,2,5-6,9-16,18,20H2,1H3,(H,38,44)(H,45,46). The van der Waals surface area contributed by atoms with Crippen molar-refractivity contribution in [3.8, 4) is 0 Å². The summed E-state index contributed by atoms with van der Waals surface area (Å²) in [4.78, 5) is 58.2. The van der Waals surface area contributed by atoms with Gasteiger partial charge in [-0.1, -0.05) is 29.8 Å². The molecule has 2 aromatic carbocycles. The van der Waals surface area contributed by atoms with E-state index in [0.717, 1.165) is 29.0 Å². The molecule has 0 bridgehead atoms. The molecule has 1 aliphatic carbocycles. The number of piperazine rings is 1. The molecule has 3 fully saturated rings. The zero-order valence-electron chi connectivity index (χ0n) is 26.9. The van der Waals surface area contributed by atoms with Gasteiger partial charge in [-0.25, -0.2) is 9.29 Å². The lowest BCUT2D eigenvalue weighted by atomic mass is 9.87. The van der Waals surface area contributed by atoms with E-state index in [2.05, 4.69) is 5.32 Å². The Morgan fingerprint density at radius 1 is 1.06 bits per heavy atom. The van der Waals surface area contributed by atoms with Crippen LogP contribution in [0.25, 0.3) is 10.1 Å². The average molecular weight is 699 g/mol. The lowest BCUT2D eigenvalue weighted by Gasteiger charge is -2.51. The van der Waals surface area contributed by atoms with Gasteiger partial charge in [-0.05, 0) is 69.2 Å². The van der Waals surface area contributed by atoms with E-state index in [1.54, 1.807) is 15.2 Å². The number of nitrogens with one attached hydrogen (secondary N) is 1. The van der Waals surface area contributed by atoms with Crippen molar-refractivity contribution >= 4 is 62.3 Å². The van der Waals surface area contributed by atoms with E-state index in [1.165, 1.54) is 17.4 Å². The normalized spacial score (nSPS) is 22.1. The van der Waals surface area contributed by atoms with Crippen LogP contribution in [0.4, 0.5) is 10.1 Å². The minimum Gasteiger partial charge on any atom is -0.481 e. The molecule has 256 valence electrons. The van der Waals surface area contributed by atoms with Crippen LogP contribution in [0.15, 0.2) is 41.8 Å². The summed E-state index contributed by atoms with van der Waals surface area (Å²) < 4.78 is 23.6. The van der Waals surface area contributed by atoms with Crippen LogP contribution in [0.3, 0.4) is 0 Å². The molecule has 48 heavy (non-hydrogen) atoms. The highest BCUT2D eigenvalue weighted by Crippen LogP contribution is 2.37. The number of thiophene rings is 1. The van der Waals surface area contributed by atoms with Gasteiger partial charge in [0.05, 0.1) is 34.8 Å². The van der Waals surface area contributed by atoms with Gasteiger partial charge in [0, 0.05) is 54.6 Å². The smallest absolute Gasteiger partial charge is 0.306 e. The average Bonchev–Trinajstić information content (AvgIpc) is 3.77. The lowest BCUT2D eigenvalue weighted by Crippen LogP contribution is -2.71. The van der Waals surface area contributed by atoms with Gasteiger partial charge >= 0.3 is 5.97 Å².